The molecule has 1 saturated heterocycles. The first-order valence-electron chi connectivity index (χ1n) is 9.18. The fourth-order valence-corrected chi connectivity index (χ4v) is 5.36. The Hall–Kier alpha value is -1.90. The number of aryl methyl sites for hydroxylation is 1. The molecule has 0 radical (unpaired) electrons. The third-order valence-corrected chi connectivity index (χ3v) is 6.50. The molecule has 1 aliphatic heterocycles. The topological polar surface area (TPSA) is 76.5 Å². The highest BCUT2D eigenvalue weighted by molar-refractivity contribution is 7.87. The molecule has 0 amide bonds. The van der Waals surface area contributed by atoms with E-state index in [1.54, 1.807) is 17.6 Å². The van der Waals surface area contributed by atoms with E-state index in [-0.39, 0.29) is 0 Å². The van der Waals surface area contributed by atoms with Gasteiger partial charge < -0.3 is 9.30 Å². The number of nitrogens with one attached hydrogen (secondary N) is 1. The third-order valence-electron chi connectivity index (χ3n) is 4.99. The number of piperidine rings is 1. The zero-order valence-corrected chi connectivity index (χ0v) is 17.1. The van der Waals surface area contributed by atoms with Gasteiger partial charge in [0.25, 0.3) is 10.2 Å². The molecule has 0 spiro atoms. The van der Waals surface area contributed by atoms with Crippen molar-refractivity contribution in [2.24, 2.45) is 18.9 Å². The van der Waals surface area contributed by atoms with Crippen LogP contribution in [-0.4, -0.2) is 42.5 Å². The molecular weight excluding hydrogens is 364 g/mol. The van der Waals surface area contributed by atoms with Gasteiger partial charge in [-0.3, -0.25) is 0 Å². The van der Waals surface area contributed by atoms with Gasteiger partial charge >= 0.3 is 0 Å². The minimum absolute atomic E-state index is 0.341. The van der Waals surface area contributed by atoms with E-state index in [2.05, 4.69) is 23.6 Å². The minimum Gasteiger partial charge on any atom is -0.497 e. The van der Waals surface area contributed by atoms with Crippen LogP contribution in [-0.2, 0) is 17.3 Å². The van der Waals surface area contributed by atoms with E-state index in [1.165, 1.54) is 0 Å². The highest BCUT2D eigenvalue weighted by atomic mass is 32.2. The Morgan fingerprint density at radius 3 is 2.56 bits per heavy atom. The number of nitrogens with zero attached hydrogens (tertiary/aromatic N) is 3. The smallest absolute Gasteiger partial charge is 0.280 e. The van der Waals surface area contributed by atoms with Crippen molar-refractivity contribution >= 4 is 10.2 Å². The van der Waals surface area contributed by atoms with Gasteiger partial charge in [0.1, 0.15) is 17.6 Å². The number of hydrogen-bond acceptors (Lipinski definition) is 4. The van der Waals surface area contributed by atoms with E-state index in [0.717, 1.165) is 12.0 Å². The van der Waals surface area contributed by atoms with Crippen LogP contribution in [0, 0.1) is 11.8 Å². The van der Waals surface area contributed by atoms with Gasteiger partial charge in [-0.2, -0.15) is 17.4 Å². The molecule has 8 heteroatoms. The standard InChI is InChI=1S/C19H28N4O3S/c1-14-10-15(2)13-23(12-14)27(24,25)21-18(19-20-8-9-22(19)3)16-6-5-7-17(11-16)26-4/h5-9,11,14-15,18,21H,10,12-13H2,1-4H3. The Bertz CT molecular complexity index is 871. The Morgan fingerprint density at radius 2 is 1.96 bits per heavy atom. The van der Waals surface area contributed by atoms with Crippen molar-refractivity contribution < 1.29 is 13.2 Å². The first-order valence-corrected chi connectivity index (χ1v) is 10.6. The Labute approximate surface area is 161 Å². The zero-order valence-electron chi connectivity index (χ0n) is 16.3. The van der Waals surface area contributed by atoms with Crippen molar-refractivity contribution in [3.63, 3.8) is 0 Å². The lowest BCUT2D eigenvalue weighted by molar-refractivity contribution is 0.220. The summed E-state index contributed by atoms with van der Waals surface area (Å²) in [6.07, 6.45) is 4.52. The molecule has 0 bridgehead atoms. The van der Waals surface area contributed by atoms with Gasteiger partial charge in [-0.1, -0.05) is 26.0 Å². The van der Waals surface area contributed by atoms with Crippen LogP contribution in [0.25, 0.3) is 0 Å². The highest BCUT2D eigenvalue weighted by Crippen LogP contribution is 2.27. The molecule has 1 N–H and O–H groups in total. The average Bonchev–Trinajstić information content (AvgIpc) is 3.04. The van der Waals surface area contributed by atoms with Crippen LogP contribution in [0.1, 0.15) is 37.7 Å². The summed E-state index contributed by atoms with van der Waals surface area (Å²) in [5.41, 5.74) is 0.783. The summed E-state index contributed by atoms with van der Waals surface area (Å²) in [6.45, 7) is 5.25. The molecule has 1 aromatic carbocycles. The van der Waals surface area contributed by atoms with Gasteiger partial charge in [0, 0.05) is 32.5 Å². The largest absolute Gasteiger partial charge is 0.497 e. The fraction of sp³-hybridized carbons (Fsp3) is 0.526. The maximum Gasteiger partial charge on any atom is 0.280 e. The normalized spacial score (nSPS) is 22.5. The summed E-state index contributed by atoms with van der Waals surface area (Å²) in [6, 6.07) is 6.80. The molecule has 3 atom stereocenters. The zero-order chi connectivity index (χ0) is 19.6. The van der Waals surface area contributed by atoms with Gasteiger partial charge in [0.15, 0.2) is 0 Å². The Balaban J connectivity index is 1.95. The molecule has 148 valence electrons. The monoisotopic (exact) mass is 392 g/mol. The van der Waals surface area contributed by atoms with Gasteiger partial charge in [-0.15, -0.1) is 0 Å². The molecule has 7 nitrogen and oxygen atoms in total. The van der Waals surface area contributed by atoms with Gasteiger partial charge in [-0.05, 0) is 36.0 Å². The summed E-state index contributed by atoms with van der Waals surface area (Å²) in [4.78, 5) is 4.38. The number of hydrogen-bond donors (Lipinski definition) is 1. The van der Waals surface area contributed by atoms with E-state index >= 15 is 0 Å². The van der Waals surface area contributed by atoms with Crippen LogP contribution >= 0.6 is 0 Å². The van der Waals surface area contributed by atoms with Crippen molar-refractivity contribution in [1.29, 1.82) is 0 Å². The van der Waals surface area contributed by atoms with E-state index in [4.69, 9.17) is 4.74 Å². The molecule has 2 heterocycles. The van der Waals surface area contributed by atoms with Crippen LogP contribution < -0.4 is 9.46 Å². The molecule has 2 aromatic rings. The predicted molar refractivity (Wildman–Crippen MR) is 105 cm³/mol. The summed E-state index contributed by atoms with van der Waals surface area (Å²) in [5, 5.41) is 0. The first kappa shape index (κ1) is 19.9. The van der Waals surface area contributed by atoms with Crippen molar-refractivity contribution in [3.05, 3.63) is 48.0 Å². The van der Waals surface area contributed by atoms with Crippen molar-refractivity contribution in [3.8, 4) is 5.75 Å². The molecule has 0 saturated carbocycles. The van der Waals surface area contributed by atoms with E-state index < -0.39 is 16.3 Å². The molecule has 1 fully saturated rings. The molecular formula is C19H28N4O3S. The number of ether oxygens (including phenoxy) is 1. The van der Waals surface area contributed by atoms with Crippen LogP contribution in [0.15, 0.2) is 36.7 Å². The Morgan fingerprint density at radius 1 is 1.26 bits per heavy atom. The summed E-state index contributed by atoms with van der Waals surface area (Å²) in [5.74, 6) is 1.98. The summed E-state index contributed by atoms with van der Waals surface area (Å²) < 4.78 is 37.9. The van der Waals surface area contributed by atoms with Crippen molar-refractivity contribution in [2.75, 3.05) is 20.2 Å². The summed E-state index contributed by atoms with van der Waals surface area (Å²) in [7, 11) is -0.221. The van der Waals surface area contributed by atoms with E-state index in [0.29, 0.717) is 36.5 Å². The van der Waals surface area contributed by atoms with Crippen LogP contribution in [0.4, 0.5) is 0 Å². The molecule has 27 heavy (non-hydrogen) atoms. The lowest BCUT2D eigenvalue weighted by Crippen LogP contribution is -2.49. The summed E-state index contributed by atoms with van der Waals surface area (Å²) >= 11 is 0. The second-order valence-electron chi connectivity index (χ2n) is 7.49. The van der Waals surface area contributed by atoms with Crippen LogP contribution in [0.2, 0.25) is 0 Å². The lowest BCUT2D eigenvalue weighted by atomic mass is 9.94. The second kappa shape index (κ2) is 8.00. The number of methoxy groups -OCH3 is 1. The average molecular weight is 393 g/mol. The molecule has 3 unspecified atom stereocenters. The van der Waals surface area contributed by atoms with E-state index in [1.807, 2.05) is 42.1 Å². The molecule has 1 aliphatic rings. The third kappa shape index (κ3) is 4.51. The van der Waals surface area contributed by atoms with Crippen molar-refractivity contribution in [1.82, 2.24) is 18.6 Å². The van der Waals surface area contributed by atoms with Crippen LogP contribution in [0.5, 0.6) is 5.75 Å². The Kier molecular flexibility index (Phi) is 5.88. The maximum atomic E-state index is 13.2. The molecule has 0 aliphatic carbocycles. The maximum absolute atomic E-state index is 13.2. The number of aromatic nitrogens is 2. The number of benzene rings is 1. The molecule has 3 rings (SSSR count). The van der Waals surface area contributed by atoms with Crippen molar-refractivity contribution in [2.45, 2.75) is 26.3 Å². The molecule has 1 aromatic heterocycles. The van der Waals surface area contributed by atoms with E-state index in [9.17, 15) is 8.42 Å². The van der Waals surface area contributed by atoms with Gasteiger partial charge in [0.2, 0.25) is 0 Å². The number of imidazole rings is 1. The predicted octanol–water partition coefficient (Wildman–Crippen LogP) is 2.33. The van der Waals surface area contributed by atoms with Gasteiger partial charge in [-0.25, -0.2) is 4.98 Å². The van der Waals surface area contributed by atoms with Crippen LogP contribution in [0.3, 0.4) is 0 Å². The fourth-order valence-electron chi connectivity index (χ4n) is 3.77. The second-order valence-corrected chi connectivity index (χ2v) is 9.19. The number of rotatable bonds is 6. The highest BCUT2D eigenvalue weighted by Gasteiger charge is 2.33. The lowest BCUT2D eigenvalue weighted by Gasteiger charge is -2.35. The SMILES string of the molecule is COc1cccc(C(NS(=O)(=O)N2CC(C)CC(C)C2)c2nccn2C)c1. The minimum atomic E-state index is -3.67. The first-order chi connectivity index (χ1) is 12.8. The van der Waals surface area contributed by atoms with Gasteiger partial charge in [0.05, 0.1) is 7.11 Å². The quantitative estimate of drug-likeness (QED) is 0.819.